The Morgan fingerprint density at radius 1 is 0.952 bits per heavy atom. The molecule has 0 fully saturated rings. The lowest BCUT2D eigenvalue weighted by molar-refractivity contribution is 0.0963. The summed E-state index contributed by atoms with van der Waals surface area (Å²) in [6.45, 7) is 0. The Kier molecular flexibility index (Phi) is 4.50. The van der Waals surface area contributed by atoms with Crippen molar-refractivity contribution < 1.29 is 14.0 Å². The van der Waals surface area contributed by atoms with Crippen molar-refractivity contribution in [2.45, 2.75) is 0 Å². The van der Waals surface area contributed by atoms with Gasteiger partial charge in [0.15, 0.2) is 0 Å². The van der Waals surface area contributed by atoms with Gasteiger partial charge in [-0.2, -0.15) is 0 Å². The monoisotopic (exact) mass is 287 g/mol. The topological polar surface area (TPSA) is 70.2 Å². The van der Waals surface area contributed by atoms with Crippen molar-refractivity contribution >= 4 is 23.3 Å². The van der Waals surface area contributed by atoms with E-state index in [2.05, 4.69) is 16.0 Å². The van der Waals surface area contributed by atoms with E-state index in [4.69, 9.17) is 0 Å². The third kappa shape index (κ3) is 3.79. The van der Waals surface area contributed by atoms with E-state index in [-0.39, 0.29) is 11.6 Å². The van der Waals surface area contributed by atoms with Crippen LogP contribution in [0.1, 0.15) is 10.4 Å². The van der Waals surface area contributed by atoms with E-state index in [1.54, 1.807) is 30.3 Å². The molecule has 0 unspecified atom stereocenters. The van der Waals surface area contributed by atoms with E-state index in [0.29, 0.717) is 11.3 Å². The number of rotatable bonds is 3. The molecule has 3 amide bonds. The zero-order valence-corrected chi connectivity index (χ0v) is 11.3. The molecule has 5 nitrogen and oxygen atoms in total. The summed E-state index contributed by atoms with van der Waals surface area (Å²) in [5.41, 5.74) is 1.08. The van der Waals surface area contributed by atoms with Crippen LogP contribution in [0.5, 0.6) is 0 Å². The van der Waals surface area contributed by atoms with Crippen LogP contribution >= 0.6 is 0 Å². The van der Waals surface area contributed by atoms with Crippen LogP contribution in [0.15, 0.2) is 48.5 Å². The molecule has 2 aromatic rings. The maximum absolute atomic E-state index is 13.4. The Balaban J connectivity index is 2.00. The van der Waals surface area contributed by atoms with E-state index >= 15 is 0 Å². The average Bonchev–Trinajstić information content (AvgIpc) is 2.49. The smallest absolute Gasteiger partial charge is 0.323 e. The van der Waals surface area contributed by atoms with Gasteiger partial charge < -0.3 is 16.0 Å². The van der Waals surface area contributed by atoms with Crippen LogP contribution in [0.4, 0.5) is 20.6 Å². The Labute approximate surface area is 121 Å². The first kappa shape index (κ1) is 14.5. The molecule has 0 aliphatic heterocycles. The number of carbonyl (C=O) groups is 2. The molecular weight excluding hydrogens is 273 g/mol. The first-order valence-corrected chi connectivity index (χ1v) is 6.25. The normalized spacial score (nSPS) is 9.81. The average molecular weight is 287 g/mol. The van der Waals surface area contributed by atoms with Gasteiger partial charge in [0.2, 0.25) is 0 Å². The maximum Gasteiger partial charge on any atom is 0.323 e. The molecule has 0 aliphatic carbocycles. The number of hydrogen-bond acceptors (Lipinski definition) is 2. The molecule has 2 rings (SSSR count). The van der Waals surface area contributed by atoms with Crippen LogP contribution in [0.25, 0.3) is 0 Å². The Morgan fingerprint density at radius 2 is 1.62 bits per heavy atom. The molecule has 108 valence electrons. The van der Waals surface area contributed by atoms with Crippen molar-refractivity contribution in [1.29, 1.82) is 0 Å². The van der Waals surface area contributed by atoms with Crippen molar-refractivity contribution in [2.75, 3.05) is 17.7 Å². The fourth-order valence-corrected chi connectivity index (χ4v) is 1.70. The third-order valence-corrected chi connectivity index (χ3v) is 2.75. The summed E-state index contributed by atoms with van der Waals surface area (Å²) in [5.74, 6) is -0.722. The molecule has 0 aliphatic rings. The van der Waals surface area contributed by atoms with E-state index < -0.39 is 11.8 Å². The van der Waals surface area contributed by atoms with Gasteiger partial charge in [-0.15, -0.1) is 0 Å². The van der Waals surface area contributed by atoms with Gasteiger partial charge in [-0.1, -0.05) is 12.1 Å². The molecule has 2 aromatic carbocycles. The fraction of sp³-hybridized carbons (Fsp3) is 0.0667. The SMILES string of the molecule is CNC(=O)c1ccc(NC(=O)Nc2ccccc2F)cc1. The Hall–Kier alpha value is -2.89. The molecule has 0 saturated heterocycles. The predicted octanol–water partition coefficient (Wildman–Crippen LogP) is 2.83. The first-order valence-electron chi connectivity index (χ1n) is 6.25. The minimum Gasteiger partial charge on any atom is -0.355 e. The number of hydrogen-bond donors (Lipinski definition) is 3. The van der Waals surface area contributed by atoms with Crippen LogP contribution in [0.2, 0.25) is 0 Å². The number of amides is 3. The molecule has 21 heavy (non-hydrogen) atoms. The van der Waals surface area contributed by atoms with Crippen molar-refractivity contribution in [3.05, 3.63) is 59.9 Å². The number of para-hydroxylation sites is 1. The van der Waals surface area contributed by atoms with Gasteiger partial charge in [0, 0.05) is 18.3 Å². The number of halogens is 1. The van der Waals surface area contributed by atoms with E-state index in [1.807, 2.05) is 0 Å². The number of benzene rings is 2. The minimum atomic E-state index is -0.562. The highest BCUT2D eigenvalue weighted by Crippen LogP contribution is 2.14. The van der Waals surface area contributed by atoms with Crippen LogP contribution in [0.3, 0.4) is 0 Å². The first-order chi connectivity index (χ1) is 10.1. The standard InChI is InChI=1S/C15H14FN3O2/c1-17-14(20)10-6-8-11(9-7-10)18-15(21)19-13-5-3-2-4-12(13)16/h2-9H,1H3,(H,17,20)(H2,18,19,21). The number of carbonyl (C=O) groups excluding carboxylic acids is 2. The van der Waals surface area contributed by atoms with Gasteiger partial charge in [-0.05, 0) is 36.4 Å². The van der Waals surface area contributed by atoms with Crippen LogP contribution in [-0.2, 0) is 0 Å². The molecule has 0 bridgehead atoms. The summed E-state index contributed by atoms with van der Waals surface area (Å²) in [6, 6.07) is 11.7. The Morgan fingerprint density at radius 3 is 2.24 bits per heavy atom. The highest BCUT2D eigenvalue weighted by Gasteiger charge is 2.07. The lowest BCUT2D eigenvalue weighted by atomic mass is 10.2. The highest BCUT2D eigenvalue weighted by atomic mass is 19.1. The zero-order chi connectivity index (χ0) is 15.2. The van der Waals surface area contributed by atoms with Gasteiger partial charge >= 0.3 is 6.03 Å². The Bertz CT molecular complexity index is 656. The van der Waals surface area contributed by atoms with Gasteiger partial charge in [-0.3, -0.25) is 4.79 Å². The highest BCUT2D eigenvalue weighted by molar-refractivity contribution is 6.00. The van der Waals surface area contributed by atoms with Crippen LogP contribution in [-0.4, -0.2) is 19.0 Å². The second-order valence-electron chi connectivity index (χ2n) is 4.22. The summed E-state index contributed by atoms with van der Waals surface area (Å²) in [4.78, 5) is 23.1. The molecule has 0 heterocycles. The molecule has 6 heteroatoms. The number of nitrogens with one attached hydrogen (secondary N) is 3. The van der Waals surface area contributed by atoms with Crippen LogP contribution in [0, 0.1) is 5.82 Å². The predicted molar refractivity (Wildman–Crippen MR) is 78.9 cm³/mol. The lowest BCUT2D eigenvalue weighted by Gasteiger charge is -2.08. The van der Waals surface area contributed by atoms with E-state index in [9.17, 15) is 14.0 Å². The van der Waals surface area contributed by atoms with E-state index in [1.165, 1.54) is 25.2 Å². The summed E-state index contributed by atoms with van der Waals surface area (Å²) in [5, 5.41) is 7.46. The van der Waals surface area contributed by atoms with Crippen molar-refractivity contribution in [1.82, 2.24) is 5.32 Å². The van der Waals surface area contributed by atoms with Gasteiger partial charge in [0.25, 0.3) is 5.91 Å². The van der Waals surface area contributed by atoms with Gasteiger partial charge in [-0.25, -0.2) is 9.18 Å². The fourth-order valence-electron chi connectivity index (χ4n) is 1.70. The van der Waals surface area contributed by atoms with Crippen molar-refractivity contribution in [3.8, 4) is 0 Å². The quantitative estimate of drug-likeness (QED) is 0.812. The summed E-state index contributed by atoms with van der Waals surface area (Å²) in [7, 11) is 1.54. The summed E-state index contributed by atoms with van der Waals surface area (Å²) >= 11 is 0. The van der Waals surface area contributed by atoms with E-state index in [0.717, 1.165) is 0 Å². The molecule has 0 aromatic heterocycles. The van der Waals surface area contributed by atoms with Gasteiger partial charge in [0.1, 0.15) is 5.82 Å². The largest absolute Gasteiger partial charge is 0.355 e. The second kappa shape index (κ2) is 6.51. The van der Waals surface area contributed by atoms with Crippen LogP contribution < -0.4 is 16.0 Å². The molecule has 0 atom stereocenters. The molecular formula is C15H14FN3O2. The maximum atomic E-state index is 13.4. The van der Waals surface area contributed by atoms with Gasteiger partial charge in [0.05, 0.1) is 5.69 Å². The molecule has 0 saturated carbocycles. The second-order valence-corrected chi connectivity index (χ2v) is 4.22. The minimum absolute atomic E-state index is 0.0944. The number of anilines is 2. The molecule has 3 N–H and O–H groups in total. The number of urea groups is 1. The van der Waals surface area contributed by atoms with Crippen molar-refractivity contribution in [3.63, 3.8) is 0 Å². The molecule has 0 spiro atoms. The zero-order valence-electron chi connectivity index (χ0n) is 11.3. The third-order valence-electron chi connectivity index (χ3n) is 2.75. The summed E-state index contributed by atoms with van der Waals surface area (Å²) in [6.07, 6.45) is 0. The molecule has 0 radical (unpaired) electrons. The lowest BCUT2D eigenvalue weighted by Crippen LogP contribution is -2.20. The summed E-state index contributed by atoms with van der Waals surface area (Å²) < 4.78 is 13.4. The van der Waals surface area contributed by atoms with Crippen molar-refractivity contribution in [2.24, 2.45) is 0 Å².